The molecule has 2 aromatic heterocycles. The number of carbonyl (C=O) groups is 2. The van der Waals surface area contributed by atoms with Gasteiger partial charge in [0, 0.05) is 12.7 Å². The number of carbonyl (C=O) groups excluding carboxylic acids is 1. The molecule has 0 spiro atoms. The predicted octanol–water partition coefficient (Wildman–Crippen LogP) is 4.42. The molecule has 4 aromatic rings. The number of halogens is 2. The Morgan fingerprint density at radius 3 is 2.47 bits per heavy atom. The number of fused-ring (bicyclic) bond motifs is 1. The number of amides is 2. The minimum absolute atomic E-state index is 0.121. The molecule has 0 aliphatic rings. The lowest BCUT2D eigenvalue weighted by Crippen LogP contribution is -2.38. The van der Waals surface area contributed by atoms with Crippen molar-refractivity contribution in [2.75, 3.05) is 6.54 Å². The molecular formula is C27H23F2N5O4. The Labute approximate surface area is 216 Å². The van der Waals surface area contributed by atoms with Crippen LogP contribution in [0.4, 0.5) is 13.6 Å². The normalized spacial score (nSPS) is 11.6. The number of nitrogens with one attached hydrogen (secondary N) is 2. The largest absolute Gasteiger partial charge is 0.485 e. The Morgan fingerprint density at radius 1 is 1.16 bits per heavy atom. The van der Waals surface area contributed by atoms with E-state index in [4.69, 9.17) is 15.1 Å². The first-order chi connectivity index (χ1) is 18.2. The van der Waals surface area contributed by atoms with Gasteiger partial charge in [0.1, 0.15) is 23.9 Å². The lowest BCUT2D eigenvalue weighted by atomic mass is 10.0. The molecule has 4 rings (SSSR count). The topological polar surface area (TPSA) is 129 Å². The number of aromatic nitrogens is 2. The summed E-state index contributed by atoms with van der Waals surface area (Å²) < 4.78 is 35.4. The van der Waals surface area contributed by atoms with Gasteiger partial charge in [0.25, 0.3) is 5.91 Å². The quantitative estimate of drug-likeness (QED) is 0.316. The number of pyridine rings is 1. The maximum Gasteiger partial charge on any atom is 0.404 e. The number of hydrogen-bond acceptors (Lipinski definition) is 5. The van der Waals surface area contributed by atoms with Crippen LogP contribution in [-0.2, 0) is 6.61 Å². The summed E-state index contributed by atoms with van der Waals surface area (Å²) in [5, 5.41) is 23.2. The predicted molar refractivity (Wildman–Crippen MR) is 133 cm³/mol. The van der Waals surface area contributed by atoms with Gasteiger partial charge in [-0.05, 0) is 55.3 Å². The lowest BCUT2D eigenvalue weighted by Gasteiger charge is -2.19. The number of nitriles is 1. The zero-order chi connectivity index (χ0) is 27.4. The zero-order valence-corrected chi connectivity index (χ0v) is 20.5. The molecule has 2 heterocycles. The molecule has 1 unspecified atom stereocenters. The van der Waals surface area contributed by atoms with E-state index < -0.39 is 29.7 Å². The molecule has 0 saturated heterocycles. The van der Waals surface area contributed by atoms with Crippen molar-refractivity contribution in [3.8, 4) is 11.8 Å². The number of imidazole rings is 1. The third kappa shape index (κ3) is 5.54. The molecular weight excluding hydrogens is 496 g/mol. The summed E-state index contributed by atoms with van der Waals surface area (Å²) in [6, 6.07) is 12.9. The van der Waals surface area contributed by atoms with Gasteiger partial charge >= 0.3 is 6.09 Å². The van der Waals surface area contributed by atoms with Crippen LogP contribution in [-0.4, -0.2) is 33.0 Å². The van der Waals surface area contributed by atoms with Crippen LogP contribution >= 0.6 is 0 Å². The second kappa shape index (κ2) is 11.0. The molecule has 11 heteroatoms. The van der Waals surface area contributed by atoms with Gasteiger partial charge < -0.3 is 20.5 Å². The third-order valence-corrected chi connectivity index (χ3v) is 5.85. The maximum atomic E-state index is 14.1. The highest BCUT2D eigenvalue weighted by Crippen LogP contribution is 2.26. The Hall–Kier alpha value is -4.98. The number of ether oxygens (including phenoxy) is 1. The second-order valence-electron chi connectivity index (χ2n) is 8.56. The number of carboxylic acid groups (broad SMARTS) is 1. The van der Waals surface area contributed by atoms with Crippen LogP contribution in [0.15, 0.2) is 54.7 Å². The van der Waals surface area contributed by atoms with E-state index in [-0.39, 0.29) is 35.8 Å². The molecule has 0 radical (unpaired) electrons. The van der Waals surface area contributed by atoms with E-state index in [9.17, 15) is 18.4 Å². The first-order valence-electron chi connectivity index (χ1n) is 11.5. The Balaban J connectivity index is 1.65. The first-order valence-corrected chi connectivity index (χ1v) is 11.5. The molecule has 2 aromatic carbocycles. The molecule has 194 valence electrons. The zero-order valence-electron chi connectivity index (χ0n) is 20.5. The van der Waals surface area contributed by atoms with E-state index >= 15 is 0 Å². The number of benzene rings is 2. The van der Waals surface area contributed by atoms with Gasteiger partial charge in [-0.3, -0.25) is 9.20 Å². The van der Waals surface area contributed by atoms with Gasteiger partial charge in [-0.1, -0.05) is 18.2 Å². The number of hydrogen-bond donors (Lipinski definition) is 3. The Bertz CT molecular complexity index is 1540. The van der Waals surface area contributed by atoms with E-state index in [0.29, 0.717) is 22.4 Å². The van der Waals surface area contributed by atoms with Crippen LogP contribution in [0, 0.1) is 36.8 Å². The minimum atomic E-state index is -1.26. The van der Waals surface area contributed by atoms with Crippen LogP contribution < -0.4 is 15.4 Å². The Kier molecular flexibility index (Phi) is 7.53. The summed E-state index contributed by atoms with van der Waals surface area (Å²) in [6.45, 7) is 2.89. The number of rotatable bonds is 8. The highest BCUT2D eigenvalue weighted by atomic mass is 19.1. The summed E-state index contributed by atoms with van der Waals surface area (Å²) in [6.07, 6.45) is 0.417. The average Bonchev–Trinajstić information content (AvgIpc) is 3.21. The van der Waals surface area contributed by atoms with Gasteiger partial charge in [-0.25, -0.2) is 18.6 Å². The van der Waals surface area contributed by atoms with Crippen LogP contribution in [0.1, 0.15) is 44.5 Å². The molecule has 9 nitrogen and oxygen atoms in total. The van der Waals surface area contributed by atoms with E-state index in [1.165, 1.54) is 10.5 Å². The monoisotopic (exact) mass is 519 g/mol. The SMILES string of the molecule is Cc1cc(OCc2c(F)cccc2F)c2nc(C)c(C(=O)NC(CNC(=O)O)c3ccc(C#N)cc3)n2c1. The van der Waals surface area contributed by atoms with Crippen molar-refractivity contribution < 1.29 is 28.2 Å². The summed E-state index contributed by atoms with van der Waals surface area (Å²) in [5.41, 5.74) is 2.28. The van der Waals surface area contributed by atoms with Gasteiger partial charge in [-0.15, -0.1) is 0 Å². The fourth-order valence-corrected chi connectivity index (χ4v) is 4.02. The molecule has 2 amide bonds. The molecule has 1 atom stereocenters. The average molecular weight is 520 g/mol. The van der Waals surface area contributed by atoms with Crippen LogP contribution in [0.25, 0.3) is 5.65 Å². The molecule has 0 aliphatic carbocycles. The molecule has 3 N–H and O–H groups in total. The lowest BCUT2D eigenvalue weighted by molar-refractivity contribution is 0.0928. The number of nitrogens with zero attached hydrogens (tertiary/aromatic N) is 3. The highest BCUT2D eigenvalue weighted by Gasteiger charge is 2.23. The highest BCUT2D eigenvalue weighted by molar-refractivity contribution is 5.95. The summed E-state index contributed by atoms with van der Waals surface area (Å²) in [7, 11) is 0. The fourth-order valence-electron chi connectivity index (χ4n) is 4.02. The van der Waals surface area contributed by atoms with Crippen molar-refractivity contribution in [3.05, 3.63) is 100 Å². The van der Waals surface area contributed by atoms with Crippen molar-refractivity contribution in [2.24, 2.45) is 0 Å². The summed E-state index contributed by atoms with van der Waals surface area (Å²) in [5.74, 6) is -1.78. The van der Waals surface area contributed by atoms with Crippen molar-refractivity contribution >= 4 is 17.6 Å². The summed E-state index contributed by atoms with van der Waals surface area (Å²) >= 11 is 0. The van der Waals surface area contributed by atoms with Crippen LogP contribution in [0.2, 0.25) is 0 Å². The minimum Gasteiger partial charge on any atom is -0.485 e. The maximum absolute atomic E-state index is 14.1. The van der Waals surface area contributed by atoms with Crippen molar-refractivity contribution in [1.29, 1.82) is 5.26 Å². The third-order valence-electron chi connectivity index (χ3n) is 5.85. The van der Waals surface area contributed by atoms with Crippen molar-refractivity contribution in [1.82, 2.24) is 20.0 Å². The van der Waals surface area contributed by atoms with Gasteiger partial charge in [0.05, 0.1) is 28.9 Å². The van der Waals surface area contributed by atoms with Crippen molar-refractivity contribution in [3.63, 3.8) is 0 Å². The molecule has 0 fully saturated rings. The van der Waals surface area contributed by atoms with Crippen molar-refractivity contribution in [2.45, 2.75) is 26.5 Å². The van der Waals surface area contributed by atoms with E-state index in [1.807, 2.05) is 6.07 Å². The fraction of sp³-hybridized carbons (Fsp3) is 0.185. The summed E-state index contributed by atoms with van der Waals surface area (Å²) in [4.78, 5) is 29.0. The van der Waals surface area contributed by atoms with E-state index in [2.05, 4.69) is 15.6 Å². The van der Waals surface area contributed by atoms with E-state index in [1.54, 1.807) is 50.4 Å². The van der Waals surface area contributed by atoms with Crippen LogP contribution in [0.5, 0.6) is 5.75 Å². The standard InChI is InChI=1S/C27H23F2N5O4/c1-15-10-23(38-14-19-20(28)4-3-5-21(19)29)25-32-16(2)24(34(25)13-15)26(35)33-22(12-31-27(36)37)18-8-6-17(11-30)7-9-18/h3-10,13,22,31H,12,14H2,1-2H3,(H,33,35)(H,36,37). The molecule has 0 saturated carbocycles. The van der Waals surface area contributed by atoms with Gasteiger partial charge in [0.2, 0.25) is 0 Å². The van der Waals surface area contributed by atoms with E-state index in [0.717, 1.165) is 12.1 Å². The van der Waals surface area contributed by atoms with Crippen LogP contribution in [0.3, 0.4) is 0 Å². The number of aryl methyl sites for hydroxylation is 2. The van der Waals surface area contributed by atoms with Gasteiger partial charge in [0.15, 0.2) is 11.4 Å². The second-order valence-corrected chi connectivity index (χ2v) is 8.56. The van der Waals surface area contributed by atoms with Gasteiger partial charge in [-0.2, -0.15) is 5.26 Å². The smallest absolute Gasteiger partial charge is 0.404 e. The first kappa shape index (κ1) is 26.1. The molecule has 0 aliphatic heterocycles. The molecule has 38 heavy (non-hydrogen) atoms. The Morgan fingerprint density at radius 2 is 1.84 bits per heavy atom. The molecule has 0 bridgehead atoms.